The minimum Gasteiger partial charge on any atom is -0.360 e. The molecule has 0 aliphatic heterocycles. The molecule has 0 saturated heterocycles. The fraction of sp³-hybridized carbons (Fsp3) is 0.333. The molecule has 0 saturated carbocycles. The Kier molecular flexibility index (Phi) is 3.97. The quantitative estimate of drug-likeness (QED) is 0.912. The van der Waals surface area contributed by atoms with Crippen molar-refractivity contribution in [1.29, 1.82) is 0 Å². The van der Waals surface area contributed by atoms with E-state index >= 15 is 0 Å². The molecule has 1 aromatic heterocycles. The monoisotopic (exact) mass is 267 g/mol. The predicted molar refractivity (Wildman–Crippen MR) is 73.7 cm³/mol. The Bertz CT molecular complexity index is 496. The summed E-state index contributed by atoms with van der Waals surface area (Å²) in [5.41, 5.74) is 0.950. The van der Waals surface area contributed by atoms with E-state index in [1.54, 1.807) is 0 Å². The Hall–Kier alpha value is -1.13. The normalized spacial score (nSPS) is 10.8. The Morgan fingerprint density at radius 1 is 1.41 bits per heavy atom. The van der Waals surface area contributed by atoms with E-state index in [1.807, 2.05) is 24.3 Å². The van der Waals surface area contributed by atoms with Gasteiger partial charge in [0, 0.05) is 28.7 Å². The largest absolute Gasteiger partial charge is 0.360 e. The lowest BCUT2D eigenvalue weighted by molar-refractivity contribution is 0.688. The van der Waals surface area contributed by atoms with Crippen LogP contribution in [0.15, 0.2) is 24.3 Å². The number of aromatic nitrogens is 2. The van der Waals surface area contributed by atoms with Gasteiger partial charge >= 0.3 is 0 Å². The Morgan fingerprint density at radius 2 is 2.24 bits per heavy atom. The van der Waals surface area contributed by atoms with Crippen molar-refractivity contribution in [2.24, 2.45) is 5.92 Å². The topological polar surface area (TPSA) is 37.8 Å². The van der Waals surface area contributed by atoms with E-state index in [0.29, 0.717) is 10.9 Å². The standard InChI is InChI=1S/C12H14ClN3S/c1-8(2)7-14-12-15-11(16-17-12)9-4-3-5-10(13)6-9/h3-6,8H,7H2,1-2H3,(H,14,15,16). The van der Waals surface area contributed by atoms with Gasteiger partial charge in [-0.15, -0.1) is 0 Å². The van der Waals surface area contributed by atoms with Crippen LogP contribution in [0.3, 0.4) is 0 Å². The number of nitrogens with one attached hydrogen (secondary N) is 1. The van der Waals surface area contributed by atoms with Gasteiger partial charge in [0.1, 0.15) is 0 Å². The van der Waals surface area contributed by atoms with Crippen molar-refractivity contribution in [2.45, 2.75) is 13.8 Å². The van der Waals surface area contributed by atoms with Crippen molar-refractivity contribution in [2.75, 3.05) is 11.9 Å². The van der Waals surface area contributed by atoms with E-state index in [1.165, 1.54) is 11.5 Å². The molecule has 2 rings (SSSR count). The molecule has 0 aliphatic rings. The summed E-state index contributed by atoms with van der Waals surface area (Å²) in [6, 6.07) is 7.57. The van der Waals surface area contributed by atoms with Gasteiger partial charge in [-0.2, -0.15) is 9.36 Å². The Balaban J connectivity index is 2.12. The first-order valence-corrected chi connectivity index (χ1v) is 6.64. The van der Waals surface area contributed by atoms with Gasteiger partial charge in [0.25, 0.3) is 0 Å². The number of hydrogen-bond donors (Lipinski definition) is 1. The van der Waals surface area contributed by atoms with Crippen LogP contribution in [-0.4, -0.2) is 15.9 Å². The zero-order chi connectivity index (χ0) is 12.3. The van der Waals surface area contributed by atoms with Gasteiger partial charge in [-0.3, -0.25) is 0 Å². The molecule has 1 aromatic carbocycles. The molecule has 0 spiro atoms. The maximum atomic E-state index is 5.94. The minimum absolute atomic E-state index is 0.591. The van der Waals surface area contributed by atoms with Crippen molar-refractivity contribution in [3.05, 3.63) is 29.3 Å². The van der Waals surface area contributed by atoms with Gasteiger partial charge in [0.2, 0.25) is 5.13 Å². The third-order valence-electron chi connectivity index (χ3n) is 2.17. The highest BCUT2D eigenvalue weighted by Crippen LogP contribution is 2.23. The predicted octanol–water partition coefficient (Wildman–Crippen LogP) is 3.93. The number of hydrogen-bond acceptors (Lipinski definition) is 4. The van der Waals surface area contributed by atoms with Crippen molar-refractivity contribution >= 4 is 28.3 Å². The summed E-state index contributed by atoms with van der Waals surface area (Å²) >= 11 is 7.31. The van der Waals surface area contributed by atoms with Crippen LogP contribution >= 0.6 is 23.1 Å². The molecule has 0 bridgehead atoms. The van der Waals surface area contributed by atoms with E-state index in [9.17, 15) is 0 Å². The van der Waals surface area contributed by atoms with E-state index in [2.05, 4.69) is 28.5 Å². The van der Waals surface area contributed by atoms with Gasteiger partial charge in [0.15, 0.2) is 5.82 Å². The molecule has 1 heterocycles. The number of rotatable bonds is 4. The van der Waals surface area contributed by atoms with Crippen LogP contribution in [0.25, 0.3) is 11.4 Å². The molecule has 0 amide bonds. The molecule has 17 heavy (non-hydrogen) atoms. The molecule has 90 valence electrons. The van der Waals surface area contributed by atoms with E-state index in [4.69, 9.17) is 11.6 Å². The number of anilines is 1. The van der Waals surface area contributed by atoms with E-state index < -0.39 is 0 Å². The molecule has 5 heteroatoms. The number of nitrogens with zero attached hydrogens (tertiary/aromatic N) is 2. The van der Waals surface area contributed by atoms with Crippen LogP contribution < -0.4 is 5.32 Å². The van der Waals surface area contributed by atoms with Gasteiger partial charge in [-0.25, -0.2) is 0 Å². The molecule has 3 nitrogen and oxygen atoms in total. The average Bonchev–Trinajstić information content (AvgIpc) is 2.75. The lowest BCUT2D eigenvalue weighted by Gasteiger charge is -2.03. The van der Waals surface area contributed by atoms with Crippen LogP contribution in [0, 0.1) is 5.92 Å². The zero-order valence-electron chi connectivity index (χ0n) is 9.77. The van der Waals surface area contributed by atoms with Crippen molar-refractivity contribution in [3.8, 4) is 11.4 Å². The van der Waals surface area contributed by atoms with Crippen LogP contribution in [0.1, 0.15) is 13.8 Å². The first-order chi connectivity index (χ1) is 8.15. The van der Waals surface area contributed by atoms with Crippen LogP contribution in [0.5, 0.6) is 0 Å². The van der Waals surface area contributed by atoms with Crippen LogP contribution in [0.2, 0.25) is 5.02 Å². The van der Waals surface area contributed by atoms with Crippen molar-refractivity contribution < 1.29 is 0 Å². The summed E-state index contributed by atoms with van der Waals surface area (Å²) in [4.78, 5) is 4.43. The highest BCUT2D eigenvalue weighted by molar-refractivity contribution is 7.09. The second-order valence-corrected chi connectivity index (χ2v) is 5.40. The lowest BCUT2D eigenvalue weighted by atomic mass is 10.2. The van der Waals surface area contributed by atoms with Crippen LogP contribution in [-0.2, 0) is 0 Å². The molecule has 0 aliphatic carbocycles. The maximum Gasteiger partial charge on any atom is 0.202 e. The number of halogens is 1. The first kappa shape index (κ1) is 12.3. The van der Waals surface area contributed by atoms with E-state index in [-0.39, 0.29) is 0 Å². The summed E-state index contributed by atoms with van der Waals surface area (Å²) in [5.74, 6) is 1.32. The van der Waals surface area contributed by atoms with Gasteiger partial charge in [0.05, 0.1) is 0 Å². The lowest BCUT2D eigenvalue weighted by Crippen LogP contribution is -2.07. The van der Waals surface area contributed by atoms with Crippen molar-refractivity contribution in [1.82, 2.24) is 9.36 Å². The third kappa shape index (κ3) is 3.41. The SMILES string of the molecule is CC(C)CNc1nc(-c2cccc(Cl)c2)ns1. The fourth-order valence-corrected chi connectivity index (χ4v) is 2.12. The first-order valence-electron chi connectivity index (χ1n) is 5.48. The fourth-order valence-electron chi connectivity index (χ4n) is 1.33. The summed E-state index contributed by atoms with van der Waals surface area (Å²) in [5, 5.41) is 4.82. The summed E-state index contributed by atoms with van der Waals surface area (Å²) in [6.07, 6.45) is 0. The summed E-state index contributed by atoms with van der Waals surface area (Å²) in [7, 11) is 0. The molecule has 0 fully saturated rings. The highest BCUT2D eigenvalue weighted by Gasteiger charge is 2.06. The molecule has 2 aromatic rings. The zero-order valence-corrected chi connectivity index (χ0v) is 11.3. The maximum absolute atomic E-state index is 5.94. The molecular formula is C12H14ClN3S. The molecule has 1 N–H and O–H groups in total. The molecule has 0 unspecified atom stereocenters. The smallest absolute Gasteiger partial charge is 0.202 e. The Morgan fingerprint density at radius 3 is 2.94 bits per heavy atom. The second kappa shape index (κ2) is 5.47. The molecule has 0 atom stereocenters. The van der Waals surface area contributed by atoms with Gasteiger partial charge < -0.3 is 5.32 Å². The van der Waals surface area contributed by atoms with Crippen LogP contribution in [0.4, 0.5) is 5.13 Å². The summed E-state index contributed by atoms with van der Waals surface area (Å²) < 4.78 is 4.31. The molecular weight excluding hydrogens is 254 g/mol. The van der Waals surface area contributed by atoms with Crippen molar-refractivity contribution in [3.63, 3.8) is 0 Å². The second-order valence-electron chi connectivity index (χ2n) is 4.21. The van der Waals surface area contributed by atoms with Gasteiger partial charge in [-0.1, -0.05) is 37.6 Å². The average molecular weight is 268 g/mol. The molecule has 0 radical (unpaired) electrons. The summed E-state index contributed by atoms with van der Waals surface area (Å²) in [6.45, 7) is 5.22. The minimum atomic E-state index is 0.591. The Labute approximate surface area is 110 Å². The number of benzene rings is 1. The third-order valence-corrected chi connectivity index (χ3v) is 3.08. The highest BCUT2D eigenvalue weighted by atomic mass is 35.5. The van der Waals surface area contributed by atoms with Gasteiger partial charge in [-0.05, 0) is 18.1 Å². The van der Waals surface area contributed by atoms with E-state index in [0.717, 1.165) is 23.1 Å².